The summed E-state index contributed by atoms with van der Waals surface area (Å²) in [6.07, 6.45) is 0.854. The second-order valence-electron chi connectivity index (χ2n) is 6.82. The molecule has 1 unspecified atom stereocenters. The van der Waals surface area contributed by atoms with E-state index in [4.69, 9.17) is 0 Å². The molecule has 1 N–H and O–H groups in total. The fourth-order valence-electron chi connectivity index (χ4n) is 2.95. The van der Waals surface area contributed by atoms with Crippen LogP contribution < -0.4 is 5.32 Å². The van der Waals surface area contributed by atoms with Crippen molar-refractivity contribution in [2.75, 3.05) is 32.5 Å². The zero-order valence-corrected chi connectivity index (χ0v) is 16.6. The predicted octanol–water partition coefficient (Wildman–Crippen LogP) is 3.34. The fourth-order valence-corrected chi connectivity index (χ4v) is 2.95. The first-order chi connectivity index (χ1) is 12.9. The van der Waals surface area contributed by atoms with Crippen LogP contribution >= 0.6 is 0 Å². The van der Waals surface area contributed by atoms with Crippen LogP contribution in [0.5, 0.6) is 0 Å². The van der Waals surface area contributed by atoms with Gasteiger partial charge in [-0.3, -0.25) is 14.5 Å². The molecule has 0 fully saturated rings. The molecule has 2 aromatic carbocycles. The summed E-state index contributed by atoms with van der Waals surface area (Å²) in [7, 11) is 3.58. The molecule has 0 radical (unpaired) electrons. The van der Waals surface area contributed by atoms with Gasteiger partial charge in [0.2, 0.25) is 11.8 Å². The van der Waals surface area contributed by atoms with Crippen LogP contribution in [-0.4, -0.2) is 48.8 Å². The molecule has 0 spiro atoms. The van der Waals surface area contributed by atoms with Crippen LogP contribution in [0.1, 0.15) is 31.0 Å². The fraction of sp³-hybridized carbons (Fsp3) is 0.364. The number of rotatable bonds is 8. The third-order valence-electron chi connectivity index (χ3n) is 4.75. The number of anilines is 1. The van der Waals surface area contributed by atoms with Crippen LogP contribution in [-0.2, 0) is 16.0 Å². The molecule has 0 aliphatic rings. The van der Waals surface area contributed by atoms with Gasteiger partial charge in [-0.25, -0.2) is 0 Å². The Morgan fingerprint density at radius 3 is 2.26 bits per heavy atom. The first-order valence-electron chi connectivity index (χ1n) is 9.29. The Bertz CT molecular complexity index is 761. The van der Waals surface area contributed by atoms with Gasteiger partial charge in [0.15, 0.2) is 0 Å². The molecule has 1 atom stereocenters. The number of benzene rings is 2. The van der Waals surface area contributed by atoms with Crippen molar-refractivity contribution in [3.63, 3.8) is 0 Å². The number of likely N-dealkylation sites (N-methyl/N-ethyl adjacent to an activating group) is 2. The van der Waals surface area contributed by atoms with Crippen LogP contribution in [0.25, 0.3) is 0 Å². The number of para-hydroxylation sites is 1. The summed E-state index contributed by atoms with van der Waals surface area (Å²) in [5.74, 6) is -0.138. The zero-order chi connectivity index (χ0) is 19.8. The summed E-state index contributed by atoms with van der Waals surface area (Å²) in [6, 6.07) is 17.7. The van der Waals surface area contributed by atoms with Crippen molar-refractivity contribution in [1.29, 1.82) is 0 Å². The molecule has 2 aromatic rings. The molecule has 0 aromatic heterocycles. The first kappa shape index (κ1) is 20.6. The van der Waals surface area contributed by atoms with Crippen molar-refractivity contribution >= 4 is 17.5 Å². The van der Waals surface area contributed by atoms with E-state index in [2.05, 4.69) is 12.2 Å². The van der Waals surface area contributed by atoms with E-state index in [0.29, 0.717) is 0 Å². The van der Waals surface area contributed by atoms with Crippen molar-refractivity contribution in [2.24, 2.45) is 0 Å². The molecule has 0 aliphatic heterocycles. The molecule has 0 saturated heterocycles. The van der Waals surface area contributed by atoms with E-state index in [-0.39, 0.29) is 30.9 Å². The van der Waals surface area contributed by atoms with E-state index in [0.717, 1.165) is 23.2 Å². The zero-order valence-electron chi connectivity index (χ0n) is 16.6. The number of aryl methyl sites for hydroxylation is 1. The highest BCUT2D eigenvalue weighted by molar-refractivity contribution is 5.93. The summed E-state index contributed by atoms with van der Waals surface area (Å²) >= 11 is 0. The largest absolute Gasteiger partial charge is 0.338 e. The number of hydrogen-bond donors (Lipinski definition) is 1. The number of nitrogens with one attached hydrogen (secondary N) is 1. The highest BCUT2D eigenvalue weighted by atomic mass is 16.2. The molecular weight excluding hydrogens is 338 g/mol. The van der Waals surface area contributed by atoms with Crippen molar-refractivity contribution in [3.05, 3.63) is 65.7 Å². The summed E-state index contributed by atoms with van der Waals surface area (Å²) in [4.78, 5) is 28.3. The first-order valence-corrected chi connectivity index (χ1v) is 9.29. The monoisotopic (exact) mass is 367 g/mol. The average molecular weight is 367 g/mol. The smallest absolute Gasteiger partial charge is 0.238 e. The lowest BCUT2D eigenvalue weighted by Crippen LogP contribution is -2.40. The van der Waals surface area contributed by atoms with E-state index in [9.17, 15) is 9.59 Å². The Morgan fingerprint density at radius 1 is 0.963 bits per heavy atom. The Kier molecular flexibility index (Phi) is 7.55. The number of carbonyl (C=O) groups is 2. The summed E-state index contributed by atoms with van der Waals surface area (Å²) in [6.45, 7) is 4.41. The van der Waals surface area contributed by atoms with Crippen molar-refractivity contribution in [3.8, 4) is 0 Å². The number of carbonyl (C=O) groups excluding carboxylic acids is 2. The van der Waals surface area contributed by atoms with Crippen LogP contribution in [0.3, 0.4) is 0 Å². The van der Waals surface area contributed by atoms with Crippen LogP contribution in [0.4, 0.5) is 5.69 Å². The van der Waals surface area contributed by atoms with E-state index >= 15 is 0 Å². The highest BCUT2D eigenvalue weighted by Crippen LogP contribution is 2.18. The molecule has 27 heavy (non-hydrogen) atoms. The quantitative estimate of drug-likeness (QED) is 0.779. The van der Waals surface area contributed by atoms with Gasteiger partial charge in [0.05, 0.1) is 19.1 Å². The van der Waals surface area contributed by atoms with Crippen LogP contribution in [0.15, 0.2) is 54.6 Å². The minimum atomic E-state index is -0.120. The lowest BCUT2D eigenvalue weighted by molar-refractivity contribution is -0.133. The summed E-state index contributed by atoms with van der Waals surface area (Å²) < 4.78 is 0. The average Bonchev–Trinajstić information content (AvgIpc) is 2.67. The van der Waals surface area contributed by atoms with Gasteiger partial charge in [-0.1, -0.05) is 55.5 Å². The molecule has 5 nitrogen and oxygen atoms in total. The normalized spacial score (nSPS) is 11.9. The maximum atomic E-state index is 12.6. The Hall–Kier alpha value is -2.66. The Morgan fingerprint density at radius 2 is 1.59 bits per heavy atom. The highest BCUT2D eigenvalue weighted by Gasteiger charge is 2.19. The Labute approximate surface area is 162 Å². The van der Waals surface area contributed by atoms with Gasteiger partial charge in [-0.2, -0.15) is 0 Å². The lowest BCUT2D eigenvalue weighted by Gasteiger charge is -2.27. The van der Waals surface area contributed by atoms with Gasteiger partial charge < -0.3 is 10.2 Å². The lowest BCUT2D eigenvalue weighted by atomic mass is 10.1. The molecule has 0 heterocycles. The maximum absolute atomic E-state index is 12.6. The minimum absolute atomic E-state index is 0.0163. The second-order valence-corrected chi connectivity index (χ2v) is 6.82. The van der Waals surface area contributed by atoms with Gasteiger partial charge in [-0.05, 0) is 37.6 Å². The van der Waals surface area contributed by atoms with Crippen molar-refractivity contribution in [2.45, 2.75) is 26.3 Å². The van der Waals surface area contributed by atoms with Gasteiger partial charge in [0, 0.05) is 12.7 Å². The third kappa shape index (κ3) is 5.93. The van der Waals surface area contributed by atoms with E-state index < -0.39 is 0 Å². The number of hydrogen-bond acceptors (Lipinski definition) is 3. The third-order valence-corrected chi connectivity index (χ3v) is 4.75. The van der Waals surface area contributed by atoms with Crippen molar-refractivity contribution in [1.82, 2.24) is 9.80 Å². The second kappa shape index (κ2) is 9.88. The Balaban J connectivity index is 1.87. The van der Waals surface area contributed by atoms with Crippen LogP contribution in [0.2, 0.25) is 0 Å². The summed E-state index contributed by atoms with van der Waals surface area (Å²) in [5.41, 5.74) is 3.02. The molecule has 2 rings (SSSR count). The molecule has 0 aliphatic carbocycles. The molecule has 0 saturated carbocycles. The minimum Gasteiger partial charge on any atom is -0.338 e. The topological polar surface area (TPSA) is 52.7 Å². The van der Waals surface area contributed by atoms with E-state index in [1.165, 1.54) is 0 Å². The molecule has 0 bridgehead atoms. The van der Waals surface area contributed by atoms with E-state index in [1.54, 1.807) is 23.9 Å². The summed E-state index contributed by atoms with van der Waals surface area (Å²) in [5, 5.41) is 2.94. The standard InChI is InChI=1S/C22H29N3O2/c1-5-18-11-9-10-14-20(18)23-21(26)15-24(3)16-22(27)25(4)17(2)19-12-7-6-8-13-19/h6-14,17H,5,15-16H2,1-4H3,(H,23,26). The van der Waals surface area contributed by atoms with Gasteiger partial charge in [0.25, 0.3) is 0 Å². The van der Waals surface area contributed by atoms with Gasteiger partial charge in [0.1, 0.15) is 0 Å². The van der Waals surface area contributed by atoms with E-state index in [1.807, 2.05) is 61.5 Å². The number of amides is 2. The molecule has 2 amide bonds. The van der Waals surface area contributed by atoms with Gasteiger partial charge >= 0.3 is 0 Å². The SMILES string of the molecule is CCc1ccccc1NC(=O)CN(C)CC(=O)N(C)C(C)c1ccccc1. The molecule has 144 valence electrons. The maximum Gasteiger partial charge on any atom is 0.238 e. The van der Waals surface area contributed by atoms with Crippen molar-refractivity contribution < 1.29 is 9.59 Å². The molecule has 5 heteroatoms. The molecular formula is C22H29N3O2. The predicted molar refractivity (Wildman–Crippen MR) is 110 cm³/mol. The van der Waals surface area contributed by atoms with Gasteiger partial charge in [-0.15, -0.1) is 0 Å². The number of nitrogens with zero attached hydrogens (tertiary/aromatic N) is 2. The van der Waals surface area contributed by atoms with Crippen LogP contribution in [0, 0.1) is 0 Å².